The average molecular weight is 424 g/mol. The zero-order valence-corrected chi connectivity index (χ0v) is 16.8. The maximum atomic E-state index is 13.8. The highest BCUT2D eigenvalue weighted by Gasteiger charge is 2.26. The Morgan fingerprint density at radius 2 is 2.10 bits per heavy atom. The molecule has 1 N–H and O–H groups in total. The lowest BCUT2D eigenvalue weighted by atomic mass is 9.85. The number of aryl methyl sites for hydroxylation is 1. The lowest BCUT2D eigenvalue weighted by molar-refractivity contribution is -0.134. The van der Waals surface area contributed by atoms with Gasteiger partial charge in [0.25, 0.3) is 11.1 Å². The van der Waals surface area contributed by atoms with E-state index in [1.165, 1.54) is 18.3 Å². The second kappa shape index (κ2) is 8.47. The van der Waals surface area contributed by atoms with Crippen molar-refractivity contribution in [2.24, 2.45) is 5.92 Å². The van der Waals surface area contributed by atoms with Crippen LogP contribution < -0.4 is 15.1 Å². The van der Waals surface area contributed by atoms with E-state index in [4.69, 9.17) is 14.8 Å². The minimum Gasteiger partial charge on any atom is -0.431 e. The van der Waals surface area contributed by atoms with Gasteiger partial charge in [0, 0.05) is 11.5 Å². The molecule has 1 aromatic carbocycles. The van der Waals surface area contributed by atoms with Crippen molar-refractivity contribution in [1.29, 1.82) is 5.26 Å². The number of hydroxylamine groups is 1. The highest BCUT2D eigenvalue weighted by atomic mass is 32.1. The van der Waals surface area contributed by atoms with Crippen molar-refractivity contribution in [3.8, 4) is 34.0 Å². The van der Waals surface area contributed by atoms with E-state index in [0.29, 0.717) is 21.4 Å². The number of benzene rings is 1. The van der Waals surface area contributed by atoms with Gasteiger partial charge in [-0.15, -0.1) is 0 Å². The summed E-state index contributed by atoms with van der Waals surface area (Å²) >= 11 is 1.14. The molecular formula is C21H17FN4O3S. The topological polar surface area (TPSA) is 97.1 Å². The number of nitrogens with zero attached hydrogens (tertiary/aromatic N) is 3. The summed E-state index contributed by atoms with van der Waals surface area (Å²) in [7, 11) is 0. The molecule has 1 fully saturated rings. The first kappa shape index (κ1) is 19.8. The van der Waals surface area contributed by atoms with E-state index in [9.17, 15) is 9.18 Å². The predicted octanol–water partition coefficient (Wildman–Crippen LogP) is 4.53. The quantitative estimate of drug-likeness (QED) is 0.461. The van der Waals surface area contributed by atoms with Crippen molar-refractivity contribution in [2.75, 3.05) is 0 Å². The molecule has 0 aliphatic heterocycles. The van der Waals surface area contributed by atoms with Crippen LogP contribution in [0.1, 0.15) is 29.7 Å². The van der Waals surface area contributed by atoms with Crippen LogP contribution in [0.3, 0.4) is 0 Å². The third-order valence-corrected chi connectivity index (χ3v) is 5.58. The number of hydrogen-bond donors (Lipinski definition) is 1. The second-order valence-corrected chi connectivity index (χ2v) is 7.85. The summed E-state index contributed by atoms with van der Waals surface area (Å²) in [4.78, 5) is 25.9. The molecule has 3 aromatic rings. The molecule has 0 atom stereocenters. The molecule has 30 heavy (non-hydrogen) atoms. The zero-order chi connectivity index (χ0) is 21.1. The number of aromatic nitrogens is 2. The summed E-state index contributed by atoms with van der Waals surface area (Å²) in [6.45, 7) is 1.83. The van der Waals surface area contributed by atoms with Crippen LogP contribution in [0.2, 0.25) is 0 Å². The maximum Gasteiger partial charge on any atom is 0.279 e. The van der Waals surface area contributed by atoms with Gasteiger partial charge in [0.1, 0.15) is 22.4 Å². The molecule has 152 valence electrons. The smallest absolute Gasteiger partial charge is 0.279 e. The summed E-state index contributed by atoms with van der Waals surface area (Å²) in [5.41, 5.74) is 4.06. The van der Waals surface area contributed by atoms with Crippen LogP contribution in [0.25, 0.3) is 11.3 Å². The Bertz CT molecular complexity index is 1140. The van der Waals surface area contributed by atoms with Crippen LogP contribution in [0.15, 0.2) is 36.5 Å². The molecule has 4 rings (SSSR count). The van der Waals surface area contributed by atoms with Gasteiger partial charge in [-0.3, -0.25) is 4.79 Å². The Morgan fingerprint density at radius 3 is 2.77 bits per heavy atom. The maximum absolute atomic E-state index is 13.8. The van der Waals surface area contributed by atoms with Gasteiger partial charge in [-0.2, -0.15) is 15.1 Å². The van der Waals surface area contributed by atoms with E-state index in [2.05, 4.69) is 15.4 Å². The molecule has 0 bridgehead atoms. The van der Waals surface area contributed by atoms with E-state index in [1.54, 1.807) is 18.2 Å². The number of halogens is 1. The Hall–Kier alpha value is -3.51. The van der Waals surface area contributed by atoms with Gasteiger partial charge in [-0.25, -0.2) is 9.97 Å². The molecule has 0 unspecified atom stereocenters. The number of pyridine rings is 1. The van der Waals surface area contributed by atoms with Crippen LogP contribution >= 0.6 is 11.3 Å². The van der Waals surface area contributed by atoms with Crippen LogP contribution in [0, 0.1) is 30.1 Å². The molecule has 0 saturated heterocycles. The summed E-state index contributed by atoms with van der Waals surface area (Å²) in [6, 6.07) is 9.81. The van der Waals surface area contributed by atoms with E-state index < -0.39 is 5.95 Å². The van der Waals surface area contributed by atoms with E-state index in [-0.39, 0.29) is 23.3 Å². The summed E-state index contributed by atoms with van der Waals surface area (Å²) in [5.74, 6) is -0.0810. The Labute approximate surface area is 176 Å². The fourth-order valence-electron chi connectivity index (χ4n) is 2.93. The Morgan fingerprint density at radius 1 is 1.30 bits per heavy atom. The van der Waals surface area contributed by atoms with E-state index >= 15 is 0 Å². The Kier molecular flexibility index (Phi) is 5.59. The monoisotopic (exact) mass is 424 g/mol. The fraction of sp³-hybridized carbons (Fsp3) is 0.238. The number of thiazole rings is 1. The summed E-state index contributed by atoms with van der Waals surface area (Å²) in [6.07, 6.45) is 4.18. The molecule has 1 saturated carbocycles. The van der Waals surface area contributed by atoms with Gasteiger partial charge in [-0.05, 0) is 55.7 Å². The molecular weight excluding hydrogens is 407 g/mol. The number of hydrogen-bond acceptors (Lipinski definition) is 7. The van der Waals surface area contributed by atoms with Crippen LogP contribution in [0.4, 0.5) is 4.39 Å². The van der Waals surface area contributed by atoms with Crippen molar-refractivity contribution in [3.05, 3.63) is 52.9 Å². The Balaban J connectivity index is 1.55. The van der Waals surface area contributed by atoms with Crippen LogP contribution in [0.5, 0.6) is 16.7 Å². The standard InChI is InChI=1S/C21H17FN4O3S/c1-12-9-14(5-6-16(12)28-21-24-11-15(10-23)30-21)19-17(7-8-18(22)25-19)29-26-20(27)13-3-2-4-13/h5-9,11,13H,2-4H2,1H3,(H,26,27). The van der Waals surface area contributed by atoms with Crippen molar-refractivity contribution >= 4 is 17.2 Å². The highest BCUT2D eigenvalue weighted by molar-refractivity contribution is 7.13. The minimum atomic E-state index is -0.660. The van der Waals surface area contributed by atoms with Gasteiger partial charge in [0.05, 0.1) is 6.20 Å². The molecule has 1 aliphatic carbocycles. The minimum absolute atomic E-state index is 0.0343. The summed E-state index contributed by atoms with van der Waals surface area (Å²) < 4.78 is 19.5. The SMILES string of the molecule is Cc1cc(-c2nc(F)ccc2ONC(=O)C2CCC2)ccc1Oc1ncc(C#N)s1. The van der Waals surface area contributed by atoms with Crippen molar-refractivity contribution in [2.45, 2.75) is 26.2 Å². The molecule has 0 radical (unpaired) electrons. The number of carbonyl (C=O) groups excluding carboxylic acids is 1. The largest absolute Gasteiger partial charge is 0.431 e. The first-order valence-corrected chi connectivity index (χ1v) is 10.1. The van der Waals surface area contributed by atoms with Crippen molar-refractivity contribution in [3.63, 3.8) is 0 Å². The fourth-order valence-corrected chi connectivity index (χ4v) is 3.51. The third kappa shape index (κ3) is 4.23. The number of nitriles is 1. The van der Waals surface area contributed by atoms with Crippen molar-refractivity contribution in [1.82, 2.24) is 15.4 Å². The van der Waals surface area contributed by atoms with E-state index in [0.717, 1.165) is 36.2 Å². The van der Waals surface area contributed by atoms with Crippen LogP contribution in [-0.2, 0) is 4.79 Å². The lowest BCUT2D eigenvalue weighted by Gasteiger charge is -2.23. The average Bonchev–Trinajstić information content (AvgIpc) is 3.15. The van der Waals surface area contributed by atoms with Gasteiger partial charge >= 0.3 is 0 Å². The first-order chi connectivity index (χ1) is 14.5. The summed E-state index contributed by atoms with van der Waals surface area (Å²) in [5, 5.41) is 9.25. The van der Waals surface area contributed by atoms with Gasteiger partial charge in [-0.1, -0.05) is 17.8 Å². The molecule has 2 aromatic heterocycles. The van der Waals surface area contributed by atoms with Crippen molar-refractivity contribution < 1.29 is 18.8 Å². The number of carbonyl (C=O) groups is 1. The molecule has 2 heterocycles. The second-order valence-electron chi connectivity index (χ2n) is 6.86. The number of amides is 1. The molecule has 7 nitrogen and oxygen atoms in total. The molecule has 1 aliphatic rings. The zero-order valence-electron chi connectivity index (χ0n) is 16.0. The number of rotatable bonds is 6. The molecule has 0 spiro atoms. The van der Waals surface area contributed by atoms with Gasteiger partial charge in [0.15, 0.2) is 5.75 Å². The predicted molar refractivity (Wildman–Crippen MR) is 107 cm³/mol. The van der Waals surface area contributed by atoms with Crippen LogP contribution in [-0.4, -0.2) is 15.9 Å². The molecule has 1 amide bonds. The lowest BCUT2D eigenvalue weighted by Crippen LogP contribution is -2.36. The number of ether oxygens (including phenoxy) is 1. The third-order valence-electron chi connectivity index (χ3n) is 4.80. The van der Waals surface area contributed by atoms with Gasteiger partial charge in [0.2, 0.25) is 5.95 Å². The normalized spacial score (nSPS) is 13.2. The van der Waals surface area contributed by atoms with E-state index in [1.807, 2.05) is 13.0 Å². The highest BCUT2D eigenvalue weighted by Crippen LogP contribution is 2.34. The van der Waals surface area contributed by atoms with Gasteiger partial charge < -0.3 is 9.57 Å². The number of nitrogens with one attached hydrogen (secondary N) is 1. The molecule has 9 heteroatoms. The first-order valence-electron chi connectivity index (χ1n) is 9.31.